The zero-order valence-electron chi connectivity index (χ0n) is 11.9. The first-order valence-electron chi connectivity index (χ1n) is 7.63. The Kier molecular flexibility index (Phi) is 3.31. The van der Waals surface area contributed by atoms with Crippen molar-refractivity contribution in [2.75, 3.05) is 13.1 Å². The number of ether oxygens (including phenoxy) is 1. The second-order valence-corrected chi connectivity index (χ2v) is 5.99. The molecule has 1 saturated carbocycles. The third-order valence-electron chi connectivity index (χ3n) is 4.57. The van der Waals surface area contributed by atoms with Gasteiger partial charge in [-0.25, -0.2) is 9.97 Å². The van der Waals surface area contributed by atoms with E-state index in [4.69, 9.17) is 4.74 Å². The van der Waals surface area contributed by atoms with Crippen molar-refractivity contribution in [3.63, 3.8) is 0 Å². The van der Waals surface area contributed by atoms with Crippen LogP contribution in [0.2, 0.25) is 0 Å². The Morgan fingerprint density at radius 1 is 1.00 bits per heavy atom. The number of aromatic nitrogens is 2. The number of benzene rings is 1. The maximum absolute atomic E-state index is 6.19. The predicted molar refractivity (Wildman–Crippen MR) is 81.0 cm³/mol. The highest BCUT2D eigenvalue weighted by Crippen LogP contribution is 2.36. The summed E-state index contributed by atoms with van der Waals surface area (Å²) in [5.41, 5.74) is 1.01. The van der Waals surface area contributed by atoms with Gasteiger partial charge in [0.25, 0.3) is 0 Å². The zero-order valence-corrected chi connectivity index (χ0v) is 11.9. The van der Waals surface area contributed by atoms with Gasteiger partial charge >= 0.3 is 0 Å². The lowest BCUT2D eigenvalue weighted by atomic mass is 10.0. The van der Waals surface area contributed by atoms with Crippen LogP contribution in [0.25, 0.3) is 11.4 Å². The molecular weight excluding hydrogens is 262 g/mol. The molecule has 1 aliphatic heterocycles. The van der Waals surface area contributed by atoms with Crippen molar-refractivity contribution in [3.05, 3.63) is 42.7 Å². The summed E-state index contributed by atoms with van der Waals surface area (Å²) in [5, 5.41) is 3.47. The molecule has 0 radical (unpaired) electrons. The summed E-state index contributed by atoms with van der Waals surface area (Å²) in [6.07, 6.45) is 6.23. The first kappa shape index (κ1) is 12.8. The van der Waals surface area contributed by atoms with Crippen molar-refractivity contribution < 1.29 is 4.74 Å². The SMILES string of the molecule is c1cnc(-c2cccc(OC3C[C@H]4CNC[C@H]4C3)c2)nc1. The minimum atomic E-state index is 0.356. The highest BCUT2D eigenvalue weighted by atomic mass is 16.5. The lowest BCUT2D eigenvalue weighted by Crippen LogP contribution is -2.18. The van der Waals surface area contributed by atoms with Crippen LogP contribution < -0.4 is 10.1 Å². The molecule has 2 aromatic rings. The first-order valence-corrected chi connectivity index (χ1v) is 7.63. The van der Waals surface area contributed by atoms with Crippen molar-refractivity contribution in [1.29, 1.82) is 0 Å². The van der Waals surface area contributed by atoms with Gasteiger partial charge in [0.2, 0.25) is 0 Å². The highest BCUT2D eigenvalue weighted by Gasteiger charge is 2.38. The number of fused-ring (bicyclic) bond motifs is 1. The molecule has 4 nitrogen and oxygen atoms in total. The molecule has 1 unspecified atom stereocenters. The Labute approximate surface area is 124 Å². The first-order chi connectivity index (χ1) is 10.4. The van der Waals surface area contributed by atoms with Gasteiger partial charge in [0.1, 0.15) is 5.75 Å². The minimum absolute atomic E-state index is 0.356. The molecule has 0 bridgehead atoms. The number of rotatable bonds is 3. The normalized spacial score (nSPS) is 27.5. The summed E-state index contributed by atoms with van der Waals surface area (Å²) in [6.45, 7) is 2.31. The molecule has 0 spiro atoms. The Hall–Kier alpha value is -1.94. The van der Waals surface area contributed by atoms with Gasteiger partial charge in [-0.2, -0.15) is 0 Å². The second-order valence-electron chi connectivity index (χ2n) is 5.99. The van der Waals surface area contributed by atoms with Gasteiger partial charge in [0, 0.05) is 18.0 Å². The highest BCUT2D eigenvalue weighted by molar-refractivity contribution is 5.56. The number of nitrogens with zero attached hydrogens (tertiary/aromatic N) is 2. The third kappa shape index (κ3) is 2.63. The molecule has 2 aliphatic rings. The van der Waals surface area contributed by atoms with Crippen LogP contribution in [0.4, 0.5) is 0 Å². The predicted octanol–water partition coefficient (Wildman–Crippen LogP) is 2.52. The molecule has 4 rings (SSSR count). The molecule has 1 aliphatic carbocycles. The van der Waals surface area contributed by atoms with E-state index in [2.05, 4.69) is 15.3 Å². The third-order valence-corrected chi connectivity index (χ3v) is 4.57. The van der Waals surface area contributed by atoms with Gasteiger partial charge in [0.05, 0.1) is 6.10 Å². The van der Waals surface area contributed by atoms with E-state index in [1.54, 1.807) is 12.4 Å². The Morgan fingerprint density at radius 3 is 2.52 bits per heavy atom. The lowest BCUT2D eigenvalue weighted by molar-refractivity contribution is 0.199. The number of nitrogens with one attached hydrogen (secondary N) is 1. The van der Waals surface area contributed by atoms with E-state index in [1.807, 2.05) is 30.3 Å². The molecule has 2 fully saturated rings. The average molecular weight is 281 g/mol. The van der Waals surface area contributed by atoms with Crippen LogP contribution in [0.1, 0.15) is 12.8 Å². The topological polar surface area (TPSA) is 47.0 Å². The monoisotopic (exact) mass is 281 g/mol. The van der Waals surface area contributed by atoms with Crippen molar-refractivity contribution in [2.24, 2.45) is 11.8 Å². The van der Waals surface area contributed by atoms with Crippen molar-refractivity contribution in [2.45, 2.75) is 18.9 Å². The molecule has 21 heavy (non-hydrogen) atoms. The van der Waals surface area contributed by atoms with Gasteiger partial charge < -0.3 is 10.1 Å². The summed E-state index contributed by atoms with van der Waals surface area (Å²) < 4.78 is 6.19. The molecule has 0 amide bonds. The van der Waals surface area contributed by atoms with Gasteiger partial charge in [0.15, 0.2) is 5.82 Å². The maximum Gasteiger partial charge on any atom is 0.159 e. The van der Waals surface area contributed by atoms with E-state index in [1.165, 1.54) is 12.8 Å². The van der Waals surface area contributed by atoms with Crippen LogP contribution in [-0.2, 0) is 0 Å². The fourth-order valence-corrected chi connectivity index (χ4v) is 3.56. The van der Waals surface area contributed by atoms with Crippen LogP contribution in [0.5, 0.6) is 5.75 Å². The Balaban J connectivity index is 1.49. The summed E-state index contributed by atoms with van der Waals surface area (Å²) in [7, 11) is 0. The summed E-state index contributed by atoms with van der Waals surface area (Å²) in [5.74, 6) is 3.28. The van der Waals surface area contributed by atoms with Crippen LogP contribution in [0, 0.1) is 11.8 Å². The van der Waals surface area contributed by atoms with Crippen molar-refractivity contribution in [1.82, 2.24) is 15.3 Å². The van der Waals surface area contributed by atoms with Crippen LogP contribution in [-0.4, -0.2) is 29.2 Å². The Bertz CT molecular complexity index is 604. The summed E-state index contributed by atoms with van der Waals surface area (Å²) >= 11 is 0. The number of hydrogen-bond acceptors (Lipinski definition) is 4. The standard InChI is InChI=1S/C17H19N3O/c1-3-12(17-19-5-2-6-20-17)7-15(4-1)21-16-8-13-10-18-11-14(13)9-16/h1-7,13-14,16,18H,8-11H2/t13-,14+,16?. The minimum Gasteiger partial charge on any atom is -0.490 e. The van der Waals surface area contributed by atoms with E-state index in [9.17, 15) is 0 Å². The van der Waals surface area contributed by atoms with Crippen LogP contribution in [0.15, 0.2) is 42.7 Å². The summed E-state index contributed by atoms with van der Waals surface area (Å²) in [4.78, 5) is 8.59. The van der Waals surface area contributed by atoms with Crippen LogP contribution >= 0.6 is 0 Å². The maximum atomic E-state index is 6.19. The molecule has 1 N–H and O–H groups in total. The van der Waals surface area contributed by atoms with E-state index in [0.29, 0.717) is 6.10 Å². The zero-order chi connectivity index (χ0) is 14.1. The average Bonchev–Trinajstić information content (AvgIpc) is 3.10. The Morgan fingerprint density at radius 2 is 1.76 bits per heavy atom. The molecular formula is C17H19N3O. The molecule has 1 saturated heterocycles. The largest absolute Gasteiger partial charge is 0.490 e. The van der Waals surface area contributed by atoms with Gasteiger partial charge in [-0.15, -0.1) is 0 Å². The van der Waals surface area contributed by atoms with Crippen LogP contribution in [0.3, 0.4) is 0 Å². The van der Waals surface area contributed by atoms with E-state index < -0.39 is 0 Å². The van der Waals surface area contributed by atoms with E-state index in [0.717, 1.165) is 42.1 Å². The second kappa shape index (κ2) is 5.45. The molecule has 4 heteroatoms. The fourth-order valence-electron chi connectivity index (χ4n) is 3.56. The quantitative estimate of drug-likeness (QED) is 0.939. The molecule has 108 valence electrons. The van der Waals surface area contributed by atoms with E-state index in [-0.39, 0.29) is 0 Å². The lowest BCUT2D eigenvalue weighted by Gasteiger charge is -2.15. The van der Waals surface area contributed by atoms with Crippen molar-refractivity contribution in [3.8, 4) is 17.1 Å². The fraction of sp³-hybridized carbons (Fsp3) is 0.412. The smallest absolute Gasteiger partial charge is 0.159 e. The van der Waals surface area contributed by atoms with Crippen molar-refractivity contribution >= 4 is 0 Å². The van der Waals surface area contributed by atoms with Gasteiger partial charge in [-0.05, 0) is 56.0 Å². The molecule has 1 aromatic heterocycles. The summed E-state index contributed by atoms with van der Waals surface area (Å²) in [6, 6.07) is 9.93. The molecule has 1 aromatic carbocycles. The number of hydrogen-bond donors (Lipinski definition) is 1. The molecule has 3 atom stereocenters. The van der Waals surface area contributed by atoms with Gasteiger partial charge in [-0.1, -0.05) is 12.1 Å². The van der Waals surface area contributed by atoms with Gasteiger partial charge in [-0.3, -0.25) is 0 Å². The van der Waals surface area contributed by atoms with E-state index >= 15 is 0 Å². The molecule has 2 heterocycles.